The van der Waals surface area contributed by atoms with Crippen LogP contribution in [0.25, 0.3) is 32.6 Å². The highest BCUT2D eigenvalue weighted by Gasteiger charge is 2.24. The Morgan fingerprint density at radius 1 is 1.12 bits per heavy atom. The van der Waals surface area contributed by atoms with E-state index in [1.807, 2.05) is 48.7 Å². The largest absolute Gasteiger partial charge is 0.397 e. The van der Waals surface area contributed by atoms with Crippen LogP contribution in [-0.4, -0.2) is 20.9 Å². The number of nitriles is 1. The van der Waals surface area contributed by atoms with E-state index in [9.17, 15) is 10.1 Å². The molecule has 0 saturated heterocycles. The number of benzene rings is 1. The minimum atomic E-state index is -0.403. The number of hydrogen-bond donors (Lipinski definition) is 3. The number of carbonyl (C=O) groups is 1. The highest BCUT2D eigenvalue weighted by atomic mass is 32.1. The van der Waals surface area contributed by atoms with Crippen molar-refractivity contribution >= 4 is 55.4 Å². The monoisotopic (exact) mass is 483 g/mol. The van der Waals surface area contributed by atoms with Crippen molar-refractivity contribution in [1.82, 2.24) is 15.0 Å². The van der Waals surface area contributed by atoms with Gasteiger partial charge >= 0.3 is 0 Å². The molecule has 0 aliphatic rings. The highest BCUT2D eigenvalue weighted by molar-refractivity contribution is 7.21. The Hall–Kier alpha value is -4.33. The molecule has 5 rings (SSSR count). The Bertz CT molecular complexity index is 1580. The molecule has 5 N–H and O–H groups in total. The minimum absolute atomic E-state index is 0.0971. The predicted molar refractivity (Wildman–Crippen MR) is 137 cm³/mol. The number of aryl methyl sites for hydroxylation is 1. The smallest absolute Gasteiger partial charge is 0.269 e. The quantitative estimate of drug-likeness (QED) is 0.323. The zero-order chi connectivity index (χ0) is 23.8. The number of pyridine rings is 2. The van der Waals surface area contributed by atoms with Gasteiger partial charge in [-0.2, -0.15) is 5.26 Å². The fourth-order valence-corrected chi connectivity index (χ4v) is 5.31. The number of carbonyl (C=O) groups excluding carboxylic acids is 1. The summed E-state index contributed by atoms with van der Waals surface area (Å²) in [6.07, 6.45) is 3.40. The lowest BCUT2D eigenvalue weighted by atomic mass is 9.96. The number of nitrogens with two attached hydrogens (primary N) is 2. The van der Waals surface area contributed by atoms with Crippen LogP contribution in [0.5, 0.6) is 0 Å². The Morgan fingerprint density at radius 3 is 2.62 bits per heavy atom. The molecule has 0 spiro atoms. The number of nitrogens with zero attached hydrogens (tertiary/aromatic N) is 4. The number of nitrogens with one attached hydrogen (secondary N) is 1. The van der Waals surface area contributed by atoms with E-state index in [4.69, 9.17) is 11.5 Å². The number of amides is 1. The van der Waals surface area contributed by atoms with Crippen molar-refractivity contribution < 1.29 is 4.79 Å². The van der Waals surface area contributed by atoms with Gasteiger partial charge in [0.2, 0.25) is 0 Å². The number of anilines is 3. The van der Waals surface area contributed by atoms with Crippen molar-refractivity contribution in [3.05, 3.63) is 70.2 Å². The van der Waals surface area contributed by atoms with Crippen molar-refractivity contribution in [2.75, 3.05) is 16.8 Å². The molecule has 4 aromatic heterocycles. The molecule has 8 nitrogen and oxygen atoms in total. The van der Waals surface area contributed by atoms with Gasteiger partial charge in [-0.05, 0) is 24.6 Å². The van der Waals surface area contributed by atoms with Crippen molar-refractivity contribution in [3.8, 4) is 28.5 Å². The molecule has 166 valence electrons. The molecule has 0 aliphatic heterocycles. The first-order chi connectivity index (χ1) is 16.5. The molecule has 0 aliphatic carbocycles. The third-order valence-corrected chi connectivity index (χ3v) is 7.10. The molecule has 0 radical (unpaired) electrons. The molecule has 34 heavy (non-hydrogen) atoms. The van der Waals surface area contributed by atoms with Crippen LogP contribution >= 0.6 is 22.7 Å². The molecule has 1 amide bonds. The highest BCUT2D eigenvalue weighted by Crippen LogP contribution is 2.43. The van der Waals surface area contributed by atoms with Crippen LogP contribution in [0.4, 0.5) is 16.6 Å². The fourth-order valence-electron chi connectivity index (χ4n) is 3.59. The molecule has 0 atom stereocenters. The first-order valence-corrected chi connectivity index (χ1v) is 11.8. The van der Waals surface area contributed by atoms with E-state index in [-0.39, 0.29) is 21.9 Å². The van der Waals surface area contributed by atoms with Gasteiger partial charge < -0.3 is 11.5 Å². The summed E-state index contributed by atoms with van der Waals surface area (Å²) in [5.41, 5.74) is 17.0. The third-order valence-electron chi connectivity index (χ3n) is 5.24. The molecule has 10 heteroatoms. The van der Waals surface area contributed by atoms with Gasteiger partial charge in [-0.1, -0.05) is 29.8 Å². The van der Waals surface area contributed by atoms with E-state index >= 15 is 0 Å². The van der Waals surface area contributed by atoms with E-state index in [1.54, 1.807) is 12.4 Å². The van der Waals surface area contributed by atoms with E-state index in [1.165, 1.54) is 11.3 Å². The second-order valence-electron chi connectivity index (χ2n) is 7.48. The zero-order valence-corrected chi connectivity index (χ0v) is 19.5. The number of thiazole rings is 1. The van der Waals surface area contributed by atoms with Gasteiger partial charge in [0.25, 0.3) is 5.91 Å². The zero-order valence-electron chi connectivity index (χ0n) is 17.9. The summed E-state index contributed by atoms with van der Waals surface area (Å²) in [7, 11) is 0. The van der Waals surface area contributed by atoms with Crippen LogP contribution in [0, 0.1) is 18.3 Å². The average molecular weight is 484 g/mol. The SMILES string of the molecule is Cc1ccc(-c2c(C#N)c(N)nc3sc(C(=O)Nc4nc(-c5cccnc5)cs4)c(N)c23)cc1. The van der Waals surface area contributed by atoms with Gasteiger partial charge in [-0.15, -0.1) is 22.7 Å². The van der Waals surface area contributed by atoms with Crippen molar-refractivity contribution in [1.29, 1.82) is 5.26 Å². The fraction of sp³-hybridized carbons (Fsp3) is 0.0417. The first-order valence-electron chi connectivity index (χ1n) is 10.1. The van der Waals surface area contributed by atoms with E-state index in [2.05, 4.69) is 26.3 Å². The number of rotatable bonds is 4. The molecule has 4 heterocycles. The lowest BCUT2D eigenvalue weighted by Crippen LogP contribution is -2.11. The molecule has 0 saturated carbocycles. The average Bonchev–Trinajstić information content (AvgIpc) is 3.44. The van der Waals surface area contributed by atoms with Crippen molar-refractivity contribution in [2.45, 2.75) is 6.92 Å². The number of hydrogen-bond acceptors (Lipinski definition) is 9. The van der Waals surface area contributed by atoms with E-state index in [0.717, 1.165) is 28.0 Å². The number of nitrogen functional groups attached to an aromatic ring is 2. The summed E-state index contributed by atoms with van der Waals surface area (Å²) in [6, 6.07) is 13.5. The molecule has 1 aromatic carbocycles. The number of aromatic nitrogens is 3. The van der Waals surface area contributed by atoms with E-state index in [0.29, 0.717) is 26.6 Å². The van der Waals surface area contributed by atoms with E-state index < -0.39 is 5.91 Å². The predicted octanol–water partition coefficient (Wildman–Crippen LogP) is 5.08. The Kier molecular flexibility index (Phi) is 5.41. The van der Waals surface area contributed by atoms with Gasteiger partial charge in [0.15, 0.2) is 5.13 Å². The summed E-state index contributed by atoms with van der Waals surface area (Å²) < 4.78 is 0. The maximum atomic E-state index is 13.1. The Balaban J connectivity index is 1.56. The normalized spacial score (nSPS) is 10.8. The maximum absolute atomic E-state index is 13.1. The lowest BCUT2D eigenvalue weighted by molar-refractivity contribution is 0.103. The summed E-state index contributed by atoms with van der Waals surface area (Å²) in [5.74, 6) is -0.306. The van der Waals surface area contributed by atoms with Crippen molar-refractivity contribution in [3.63, 3.8) is 0 Å². The van der Waals surface area contributed by atoms with Crippen LogP contribution in [0.2, 0.25) is 0 Å². The maximum Gasteiger partial charge on any atom is 0.269 e. The van der Waals surface area contributed by atoms with Gasteiger partial charge in [-0.25, -0.2) is 9.97 Å². The van der Waals surface area contributed by atoms with Crippen LogP contribution < -0.4 is 16.8 Å². The lowest BCUT2D eigenvalue weighted by Gasteiger charge is -2.10. The Morgan fingerprint density at radius 2 is 1.91 bits per heavy atom. The Labute approximate surface area is 202 Å². The number of fused-ring (bicyclic) bond motifs is 1. The summed E-state index contributed by atoms with van der Waals surface area (Å²) in [4.78, 5) is 26.8. The summed E-state index contributed by atoms with van der Waals surface area (Å²) in [5, 5.41) is 15.4. The van der Waals surface area contributed by atoms with Gasteiger partial charge in [0.1, 0.15) is 27.2 Å². The summed E-state index contributed by atoms with van der Waals surface area (Å²) >= 11 is 2.43. The van der Waals surface area contributed by atoms with Gasteiger partial charge in [0.05, 0.1) is 11.4 Å². The molecule has 0 bridgehead atoms. The standard InChI is InChI=1S/C24H17N7OS2/c1-12-4-6-13(7-5-12)17-15(9-25)21(27)30-23-18(17)19(26)20(34-23)22(32)31-24-29-16(11-33-24)14-3-2-8-28-10-14/h2-8,10-11H,26H2,1H3,(H2,27,30)(H,29,31,32). The van der Waals surface area contributed by atoms with Crippen LogP contribution in [0.1, 0.15) is 20.8 Å². The first kappa shape index (κ1) is 21.5. The third kappa shape index (κ3) is 3.73. The van der Waals surface area contributed by atoms with Gasteiger partial charge in [-0.3, -0.25) is 15.1 Å². The van der Waals surface area contributed by atoms with Gasteiger partial charge in [0, 0.05) is 34.3 Å². The minimum Gasteiger partial charge on any atom is -0.397 e. The number of thiophene rings is 1. The molecule has 0 unspecified atom stereocenters. The topological polar surface area (TPSA) is 144 Å². The summed E-state index contributed by atoms with van der Waals surface area (Å²) in [6.45, 7) is 1.98. The second-order valence-corrected chi connectivity index (χ2v) is 9.34. The van der Waals surface area contributed by atoms with Crippen LogP contribution in [0.15, 0.2) is 54.2 Å². The van der Waals surface area contributed by atoms with Crippen molar-refractivity contribution in [2.24, 2.45) is 0 Å². The van der Waals surface area contributed by atoms with Crippen LogP contribution in [-0.2, 0) is 0 Å². The van der Waals surface area contributed by atoms with Crippen LogP contribution in [0.3, 0.4) is 0 Å². The molecule has 5 aromatic rings. The molecule has 0 fully saturated rings. The second kappa shape index (κ2) is 8.55. The molecular formula is C24H17N7OS2. The molecular weight excluding hydrogens is 466 g/mol.